The highest BCUT2D eigenvalue weighted by molar-refractivity contribution is 7.80. The molecule has 0 aliphatic carbocycles. The number of methoxy groups -OCH3 is 1. The van der Waals surface area contributed by atoms with Crippen LogP contribution in [0.4, 0.5) is 5.69 Å². The lowest BCUT2D eigenvalue weighted by Gasteiger charge is -2.15. The molecule has 2 aromatic rings. The van der Waals surface area contributed by atoms with Crippen molar-refractivity contribution in [1.82, 2.24) is 5.32 Å². The minimum atomic E-state index is -0.596. The summed E-state index contributed by atoms with van der Waals surface area (Å²) in [5.41, 5.74) is 1.72. The predicted molar refractivity (Wildman–Crippen MR) is 88.6 cm³/mol. The summed E-state index contributed by atoms with van der Waals surface area (Å²) in [6.07, 6.45) is -0.596. The monoisotopic (exact) mass is 302 g/mol. The average molecular weight is 302 g/mol. The Labute approximate surface area is 129 Å². The average Bonchev–Trinajstić information content (AvgIpc) is 2.54. The molecular weight excluding hydrogens is 284 g/mol. The second-order valence-corrected chi connectivity index (χ2v) is 4.90. The van der Waals surface area contributed by atoms with Crippen LogP contribution in [0.25, 0.3) is 0 Å². The van der Waals surface area contributed by atoms with E-state index < -0.39 is 6.10 Å². The van der Waals surface area contributed by atoms with Gasteiger partial charge in [0.05, 0.1) is 13.2 Å². The lowest BCUT2D eigenvalue weighted by molar-refractivity contribution is 0.181. The Hall–Kier alpha value is -2.11. The number of anilines is 1. The van der Waals surface area contributed by atoms with Crippen molar-refractivity contribution in [3.63, 3.8) is 0 Å². The highest BCUT2D eigenvalue weighted by Crippen LogP contribution is 2.15. The molecule has 0 heterocycles. The third-order valence-corrected chi connectivity index (χ3v) is 3.23. The first kappa shape index (κ1) is 15.3. The van der Waals surface area contributed by atoms with Crippen molar-refractivity contribution in [1.29, 1.82) is 0 Å². The summed E-state index contributed by atoms with van der Waals surface area (Å²) in [7, 11) is 1.62. The normalized spacial score (nSPS) is 11.5. The zero-order chi connectivity index (χ0) is 15.1. The fourth-order valence-corrected chi connectivity index (χ4v) is 2.03. The largest absolute Gasteiger partial charge is 0.497 e. The second kappa shape index (κ2) is 7.61. The minimum absolute atomic E-state index is 0.353. The number of rotatable bonds is 5. The van der Waals surface area contributed by atoms with Gasteiger partial charge in [-0.15, -0.1) is 0 Å². The molecule has 0 radical (unpaired) electrons. The second-order valence-electron chi connectivity index (χ2n) is 4.49. The van der Waals surface area contributed by atoms with E-state index in [2.05, 4.69) is 10.6 Å². The van der Waals surface area contributed by atoms with Crippen LogP contribution < -0.4 is 15.4 Å². The first-order valence-electron chi connectivity index (χ1n) is 6.61. The molecule has 0 bridgehead atoms. The standard InChI is InChI=1S/C16H18N2O2S/c1-20-14-9-7-13(8-10-14)18-16(21)17-11-15(19)12-5-3-2-4-6-12/h2-10,15,19H,11H2,1H3,(H2,17,18,21)/t15-/m0/s1. The SMILES string of the molecule is COc1ccc(NC(=S)NC[C@H](O)c2ccccc2)cc1. The summed E-state index contributed by atoms with van der Waals surface area (Å²) in [5.74, 6) is 0.791. The summed E-state index contributed by atoms with van der Waals surface area (Å²) < 4.78 is 5.09. The van der Waals surface area contributed by atoms with Gasteiger partial charge in [0, 0.05) is 12.2 Å². The number of hydrogen-bond acceptors (Lipinski definition) is 3. The quantitative estimate of drug-likeness (QED) is 0.742. The van der Waals surface area contributed by atoms with Gasteiger partial charge in [0.25, 0.3) is 0 Å². The first-order chi connectivity index (χ1) is 10.2. The fraction of sp³-hybridized carbons (Fsp3) is 0.188. The molecule has 0 aromatic heterocycles. The van der Waals surface area contributed by atoms with Crippen LogP contribution in [0.2, 0.25) is 0 Å². The number of ether oxygens (including phenoxy) is 1. The molecule has 1 atom stereocenters. The smallest absolute Gasteiger partial charge is 0.170 e. The van der Waals surface area contributed by atoms with Gasteiger partial charge in [-0.2, -0.15) is 0 Å². The van der Waals surface area contributed by atoms with Crippen molar-refractivity contribution in [3.05, 3.63) is 60.2 Å². The molecule has 0 aliphatic rings. The molecule has 0 saturated carbocycles. The Balaban J connectivity index is 1.81. The van der Waals surface area contributed by atoms with Crippen LogP contribution in [-0.2, 0) is 0 Å². The maximum Gasteiger partial charge on any atom is 0.170 e. The van der Waals surface area contributed by atoms with Gasteiger partial charge in [-0.3, -0.25) is 0 Å². The Kier molecular flexibility index (Phi) is 5.54. The van der Waals surface area contributed by atoms with Crippen molar-refractivity contribution in [2.45, 2.75) is 6.10 Å². The molecule has 5 heteroatoms. The highest BCUT2D eigenvalue weighted by atomic mass is 32.1. The predicted octanol–water partition coefficient (Wildman–Crippen LogP) is 2.72. The van der Waals surface area contributed by atoms with E-state index in [1.165, 1.54) is 0 Å². The minimum Gasteiger partial charge on any atom is -0.497 e. The topological polar surface area (TPSA) is 53.5 Å². The van der Waals surface area contributed by atoms with Crippen molar-refractivity contribution in [2.24, 2.45) is 0 Å². The van der Waals surface area contributed by atoms with Crippen LogP contribution in [0.3, 0.4) is 0 Å². The number of nitrogens with one attached hydrogen (secondary N) is 2. The molecule has 0 spiro atoms. The summed E-state index contributed by atoms with van der Waals surface area (Å²) in [6, 6.07) is 16.9. The maximum absolute atomic E-state index is 10.0. The molecule has 2 rings (SSSR count). The molecule has 110 valence electrons. The van der Waals surface area contributed by atoms with Crippen LogP contribution in [0, 0.1) is 0 Å². The Morgan fingerprint density at radius 1 is 1.14 bits per heavy atom. The summed E-state index contributed by atoms with van der Waals surface area (Å²) in [5, 5.41) is 16.6. The highest BCUT2D eigenvalue weighted by Gasteiger charge is 2.07. The van der Waals surface area contributed by atoms with Gasteiger partial charge >= 0.3 is 0 Å². The molecule has 0 fully saturated rings. The number of thiocarbonyl (C=S) groups is 1. The van der Waals surface area contributed by atoms with E-state index in [1.54, 1.807) is 7.11 Å². The zero-order valence-electron chi connectivity index (χ0n) is 11.7. The Bertz CT molecular complexity index is 573. The number of aliphatic hydroxyl groups excluding tert-OH is 1. The molecule has 3 N–H and O–H groups in total. The molecule has 2 aromatic carbocycles. The number of benzene rings is 2. The fourth-order valence-electron chi connectivity index (χ4n) is 1.83. The van der Waals surface area contributed by atoms with E-state index in [1.807, 2.05) is 54.6 Å². The lowest BCUT2D eigenvalue weighted by Crippen LogP contribution is -2.32. The van der Waals surface area contributed by atoms with E-state index in [0.29, 0.717) is 11.7 Å². The first-order valence-corrected chi connectivity index (χ1v) is 7.02. The molecule has 0 amide bonds. The third kappa shape index (κ3) is 4.73. The van der Waals surface area contributed by atoms with Crippen molar-refractivity contribution < 1.29 is 9.84 Å². The van der Waals surface area contributed by atoms with Gasteiger partial charge in [-0.1, -0.05) is 30.3 Å². The molecule has 0 saturated heterocycles. The third-order valence-electron chi connectivity index (χ3n) is 2.99. The molecule has 0 unspecified atom stereocenters. The van der Waals surface area contributed by atoms with Gasteiger partial charge < -0.3 is 20.5 Å². The van der Waals surface area contributed by atoms with E-state index in [4.69, 9.17) is 17.0 Å². The van der Waals surface area contributed by atoms with Crippen molar-refractivity contribution >= 4 is 23.0 Å². The maximum atomic E-state index is 10.0. The van der Waals surface area contributed by atoms with E-state index >= 15 is 0 Å². The van der Waals surface area contributed by atoms with E-state index in [-0.39, 0.29) is 0 Å². The van der Waals surface area contributed by atoms with E-state index in [0.717, 1.165) is 17.0 Å². The van der Waals surface area contributed by atoms with Crippen LogP contribution >= 0.6 is 12.2 Å². The Morgan fingerprint density at radius 2 is 1.81 bits per heavy atom. The van der Waals surface area contributed by atoms with Crippen LogP contribution in [-0.4, -0.2) is 23.9 Å². The molecule has 21 heavy (non-hydrogen) atoms. The van der Waals surface area contributed by atoms with Crippen LogP contribution in [0.5, 0.6) is 5.75 Å². The van der Waals surface area contributed by atoms with Crippen LogP contribution in [0.1, 0.15) is 11.7 Å². The molecule has 4 nitrogen and oxygen atoms in total. The number of hydrogen-bond donors (Lipinski definition) is 3. The summed E-state index contributed by atoms with van der Waals surface area (Å²) >= 11 is 5.20. The van der Waals surface area contributed by atoms with E-state index in [9.17, 15) is 5.11 Å². The molecule has 0 aliphatic heterocycles. The van der Waals surface area contributed by atoms with Crippen molar-refractivity contribution in [3.8, 4) is 5.75 Å². The summed E-state index contributed by atoms with van der Waals surface area (Å²) in [4.78, 5) is 0. The van der Waals surface area contributed by atoms with Crippen molar-refractivity contribution in [2.75, 3.05) is 19.0 Å². The lowest BCUT2D eigenvalue weighted by atomic mass is 10.1. The van der Waals surface area contributed by atoms with Gasteiger partial charge in [-0.05, 0) is 42.0 Å². The van der Waals surface area contributed by atoms with Gasteiger partial charge in [0.2, 0.25) is 0 Å². The summed E-state index contributed by atoms with van der Waals surface area (Å²) in [6.45, 7) is 0.353. The Morgan fingerprint density at radius 3 is 2.43 bits per heavy atom. The zero-order valence-corrected chi connectivity index (χ0v) is 12.6. The van der Waals surface area contributed by atoms with Crippen LogP contribution in [0.15, 0.2) is 54.6 Å². The number of aliphatic hydroxyl groups is 1. The molecular formula is C16H18N2O2S. The van der Waals surface area contributed by atoms with Gasteiger partial charge in [0.15, 0.2) is 5.11 Å². The van der Waals surface area contributed by atoms with Gasteiger partial charge in [-0.25, -0.2) is 0 Å². The van der Waals surface area contributed by atoms with Gasteiger partial charge in [0.1, 0.15) is 5.75 Å².